The average Bonchev–Trinajstić information content (AvgIpc) is 2.63. The molecule has 0 bridgehead atoms. The fourth-order valence-electron chi connectivity index (χ4n) is 4.01. The predicted molar refractivity (Wildman–Crippen MR) is 106 cm³/mol. The van der Waals surface area contributed by atoms with Gasteiger partial charge < -0.3 is 10.2 Å². The van der Waals surface area contributed by atoms with Crippen LogP contribution in [-0.4, -0.2) is 32.4 Å². The number of rotatable bonds is 6. The van der Waals surface area contributed by atoms with Gasteiger partial charge in [-0.1, -0.05) is 60.7 Å². The predicted octanol–water partition coefficient (Wildman–Crippen LogP) is 4.13. The Morgan fingerprint density at radius 1 is 0.885 bits per heavy atom. The summed E-state index contributed by atoms with van der Waals surface area (Å²) < 4.78 is 0. The van der Waals surface area contributed by atoms with Gasteiger partial charge in [-0.25, -0.2) is 0 Å². The first-order valence-electron chi connectivity index (χ1n) is 9.64. The van der Waals surface area contributed by atoms with Crippen LogP contribution in [0.1, 0.15) is 50.7 Å². The van der Waals surface area contributed by atoms with Crippen molar-refractivity contribution in [3.63, 3.8) is 0 Å². The highest BCUT2D eigenvalue weighted by Gasteiger charge is 2.45. The van der Waals surface area contributed by atoms with Gasteiger partial charge in [-0.05, 0) is 50.7 Å². The third kappa shape index (κ3) is 4.53. The summed E-state index contributed by atoms with van der Waals surface area (Å²) in [5.74, 6) is 0. The Morgan fingerprint density at radius 3 is 1.69 bits per heavy atom. The number of nitrogens with zero attached hydrogens (tertiary/aromatic N) is 1. The molecule has 0 amide bonds. The van der Waals surface area contributed by atoms with Crippen molar-refractivity contribution < 1.29 is 10.2 Å². The summed E-state index contributed by atoms with van der Waals surface area (Å²) in [5.41, 5.74) is 0.592. The standard InChI is InChI=1S/C23H31NO2/c1-22(2,25)23(26)15-13-21(14-16-23)24(17-19-9-5-3-6-10-19)18-20-11-7-4-8-12-20/h3-12,21,25-26H,13-18H2,1-2H3. The Bertz CT molecular complexity index is 629. The minimum Gasteiger partial charge on any atom is -0.387 e. The molecule has 0 atom stereocenters. The molecule has 1 saturated carbocycles. The second kappa shape index (κ2) is 7.91. The quantitative estimate of drug-likeness (QED) is 0.820. The van der Waals surface area contributed by atoms with Gasteiger partial charge in [0.15, 0.2) is 0 Å². The van der Waals surface area contributed by atoms with Crippen molar-refractivity contribution in [1.29, 1.82) is 0 Å². The lowest BCUT2D eigenvalue weighted by molar-refractivity contribution is -0.156. The van der Waals surface area contributed by atoms with Crippen molar-refractivity contribution in [2.45, 2.75) is 69.9 Å². The van der Waals surface area contributed by atoms with E-state index in [2.05, 4.69) is 65.6 Å². The van der Waals surface area contributed by atoms with Gasteiger partial charge >= 0.3 is 0 Å². The maximum atomic E-state index is 10.8. The highest BCUT2D eigenvalue weighted by Crippen LogP contribution is 2.38. The van der Waals surface area contributed by atoms with Crippen molar-refractivity contribution in [1.82, 2.24) is 4.90 Å². The number of aliphatic hydroxyl groups is 2. The van der Waals surface area contributed by atoms with Crippen LogP contribution in [0.25, 0.3) is 0 Å². The SMILES string of the molecule is CC(C)(O)C1(O)CCC(N(Cc2ccccc2)Cc2ccccc2)CC1. The normalized spacial score (nSPS) is 24.0. The van der Waals surface area contributed by atoms with Gasteiger partial charge in [0.05, 0.1) is 11.2 Å². The molecule has 0 saturated heterocycles. The molecule has 1 aliphatic carbocycles. The zero-order valence-corrected chi connectivity index (χ0v) is 15.9. The number of hydrogen-bond donors (Lipinski definition) is 2. The van der Waals surface area contributed by atoms with E-state index in [1.807, 2.05) is 0 Å². The van der Waals surface area contributed by atoms with E-state index >= 15 is 0 Å². The molecule has 0 unspecified atom stereocenters. The molecule has 140 valence electrons. The van der Waals surface area contributed by atoms with E-state index in [0.717, 1.165) is 25.9 Å². The van der Waals surface area contributed by atoms with Crippen molar-refractivity contribution >= 4 is 0 Å². The zero-order chi connectivity index (χ0) is 18.6. The lowest BCUT2D eigenvalue weighted by Gasteiger charge is -2.46. The lowest BCUT2D eigenvalue weighted by atomic mass is 9.72. The van der Waals surface area contributed by atoms with E-state index in [4.69, 9.17) is 0 Å². The van der Waals surface area contributed by atoms with Crippen LogP contribution in [0.2, 0.25) is 0 Å². The van der Waals surface area contributed by atoms with Crippen LogP contribution in [0, 0.1) is 0 Å². The van der Waals surface area contributed by atoms with E-state index in [1.165, 1.54) is 11.1 Å². The van der Waals surface area contributed by atoms with Gasteiger partial charge in [0.2, 0.25) is 0 Å². The van der Waals surface area contributed by atoms with Gasteiger partial charge in [-0.3, -0.25) is 4.90 Å². The van der Waals surface area contributed by atoms with Gasteiger partial charge in [-0.2, -0.15) is 0 Å². The highest BCUT2D eigenvalue weighted by atomic mass is 16.4. The van der Waals surface area contributed by atoms with Crippen molar-refractivity contribution in [3.05, 3.63) is 71.8 Å². The molecule has 3 nitrogen and oxygen atoms in total. The van der Waals surface area contributed by atoms with E-state index in [1.54, 1.807) is 13.8 Å². The summed E-state index contributed by atoms with van der Waals surface area (Å²) in [6, 6.07) is 21.6. The van der Waals surface area contributed by atoms with Crippen LogP contribution < -0.4 is 0 Å². The van der Waals surface area contributed by atoms with E-state index in [0.29, 0.717) is 18.9 Å². The fourth-order valence-corrected chi connectivity index (χ4v) is 4.01. The van der Waals surface area contributed by atoms with Crippen LogP contribution in [0.4, 0.5) is 0 Å². The number of hydrogen-bond acceptors (Lipinski definition) is 3. The van der Waals surface area contributed by atoms with Crippen LogP contribution >= 0.6 is 0 Å². The first kappa shape index (κ1) is 19.1. The molecule has 3 rings (SSSR count). The Hall–Kier alpha value is -1.68. The Kier molecular flexibility index (Phi) is 5.81. The van der Waals surface area contributed by atoms with Crippen LogP contribution in [-0.2, 0) is 13.1 Å². The third-order valence-electron chi connectivity index (χ3n) is 5.89. The highest BCUT2D eigenvalue weighted by molar-refractivity contribution is 5.17. The van der Waals surface area contributed by atoms with E-state index in [9.17, 15) is 10.2 Å². The fraction of sp³-hybridized carbons (Fsp3) is 0.478. The third-order valence-corrected chi connectivity index (χ3v) is 5.89. The van der Waals surface area contributed by atoms with Gasteiger partial charge in [0, 0.05) is 19.1 Å². The summed E-state index contributed by atoms with van der Waals surface area (Å²) in [6.45, 7) is 5.25. The Labute approximate surface area is 157 Å². The Morgan fingerprint density at radius 2 is 1.31 bits per heavy atom. The van der Waals surface area contributed by atoms with Gasteiger partial charge in [0.25, 0.3) is 0 Å². The Balaban J connectivity index is 1.73. The first-order valence-corrected chi connectivity index (χ1v) is 9.64. The van der Waals surface area contributed by atoms with E-state index < -0.39 is 11.2 Å². The molecular weight excluding hydrogens is 322 g/mol. The maximum absolute atomic E-state index is 10.8. The topological polar surface area (TPSA) is 43.7 Å². The molecule has 0 aromatic heterocycles. The molecule has 2 N–H and O–H groups in total. The van der Waals surface area contributed by atoms with Crippen LogP contribution in [0.5, 0.6) is 0 Å². The maximum Gasteiger partial charge on any atom is 0.0929 e. The molecule has 2 aromatic rings. The minimum atomic E-state index is -1.05. The summed E-state index contributed by atoms with van der Waals surface area (Å²) in [5, 5.41) is 21.2. The molecule has 1 aliphatic rings. The second-order valence-corrected chi connectivity index (χ2v) is 8.20. The minimum absolute atomic E-state index is 0.415. The number of benzene rings is 2. The molecular formula is C23H31NO2. The van der Waals surface area contributed by atoms with Crippen molar-refractivity contribution in [3.8, 4) is 0 Å². The summed E-state index contributed by atoms with van der Waals surface area (Å²) in [4.78, 5) is 2.52. The molecule has 0 radical (unpaired) electrons. The zero-order valence-electron chi connectivity index (χ0n) is 15.9. The molecule has 1 fully saturated rings. The molecule has 26 heavy (non-hydrogen) atoms. The first-order chi connectivity index (χ1) is 12.4. The van der Waals surface area contributed by atoms with Crippen LogP contribution in [0.3, 0.4) is 0 Å². The van der Waals surface area contributed by atoms with Crippen molar-refractivity contribution in [2.24, 2.45) is 0 Å². The summed E-state index contributed by atoms with van der Waals surface area (Å²) >= 11 is 0. The molecule has 3 heteroatoms. The average molecular weight is 354 g/mol. The lowest BCUT2D eigenvalue weighted by Crippen LogP contribution is -2.54. The molecule has 0 spiro atoms. The van der Waals surface area contributed by atoms with Crippen LogP contribution in [0.15, 0.2) is 60.7 Å². The van der Waals surface area contributed by atoms with Crippen molar-refractivity contribution in [2.75, 3.05) is 0 Å². The molecule has 0 heterocycles. The molecule has 0 aliphatic heterocycles. The van der Waals surface area contributed by atoms with Gasteiger partial charge in [0.1, 0.15) is 0 Å². The molecule has 2 aromatic carbocycles. The van der Waals surface area contributed by atoms with Gasteiger partial charge in [-0.15, -0.1) is 0 Å². The second-order valence-electron chi connectivity index (χ2n) is 8.20. The smallest absolute Gasteiger partial charge is 0.0929 e. The summed E-state index contributed by atoms with van der Waals surface area (Å²) in [7, 11) is 0. The largest absolute Gasteiger partial charge is 0.387 e. The van der Waals surface area contributed by atoms with E-state index in [-0.39, 0.29) is 0 Å². The summed E-state index contributed by atoms with van der Waals surface area (Å²) in [6.07, 6.45) is 3.09. The monoisotopic (exact) mass is 353 g/mol.